The molecule has 22 heavy (non-hydrogen) atoms. The molecule has 0 N–H and O–H groups in total. The van der Waals surface area contributed by atoms with E-state index in [-0.39, 0.29) is 0 Å². The molecule has 3 fully saturated rings. The molecule has 0 spiro atoms. The van der Waals surface area contributed by atoms with Crippen LogP contribution in [0.5, 0.6) is 0 Å². The Morgan fingerprint density at radius 1 is 1.18 bits per heavy atom. The van der Waals surface area contributed by atoms with Crippen molar-refractivity contribution in [1.82, 2.24) is 14.7 Å². The highest BCUT2D eigenvalue weighted by Crippen LogP contribution is 2.39. The minimum Gasteiger partial charge on any atom is -0.339 e. The predicted molar refractivity (Wildman–Crippen MR) is 89.8 cm³/mol. The highest BCUT2D eigenvalue weighted by Gasteiger charge is 2.39. The van der Waals surface area contributed by atoms with Crippen LogP contribution in [-0.4, -0.2) is 72.0 Å². The van der Waals surface area contributed by atoms with Gasteiger partial charge in [0, 0.05) is 44.2 Å². The Morgan fingerprint density at radius 2 is 2.00 bits per heavy atom. The van der Waals surface area contributed by atoms with Crippen molar-refractivity contribution in [3.8, 4) is 0 Å². The Hall–Kier alpha value is -0.610. The lowest BCUT2D eigenvalue weighted by molar-refractivity contribution is -0.133. The van der Waals surface area contributed by atoms with E-state index in [1.165, 1.54) is 25.8 Å². The summed E-state index contributed by atoms with van der Waals surface area (Å²) in [6, 6.07) is 1.79. The lowest BCUT2D eigenvalue weighted by Crippen LogP contribution is -2.42. The Bertz CT molecular complexity index is 400. The van der Waals surface area contributed by atoms with Crippen molar-refractivity contribution in [2.24, 2.45) is 5.92 Å². The maximum Gasteiger partial charge on any atom is 0.222 e. The van der Waals surface area contributed by atoms with E-state index >= 15 is 0 Å². The molecular weight excluding hydrogens is 274 g/mol. The molecular formula is C18H33N3O. The quantitative estimate of drug-likeness (QED) is 0.796. The van der Waals surface area contributed by atoms with E-state index < -0.39 is 0 Å². The first-order chi connectivity index (χ1) is 10.5. The third-order valence-corrected chi connectivity index (χ3v) is 6.30. The van der Waals surface area contributed by atoms with Gasteiger partial charge in [0.2, 0.25) is 5.91 Å². The zero-order valence-corrected chi connectivity index (χ0v) is 14.6. The molecule has 4 unspecified atom stereocenters. The third-order valence-electron chi connectivity index (χ3n) is 6.30. The fraction of sp³-hybridized carbons (Fsp3) is 0.944. The summed E-state index contributed by atoms with van der Waals surface area (Å²) < 4.78 is 0. The molecule has 2 heterocycles. The lowest BCUT2D eigenvalue weighted by atomic mass is 10.1. The molecule has 0 aromatic carbocycles. The lowest BCUT2D eigenvalue weighted by Gasteiger charge is -2.33. The Kier molecular flexibility index (Phi) is 5.08. The average molecular weight is 307 g/mol. The van der Waals surface area contributed by atoms with Crippen LogP contribution in [0.25, 0.3) is 0 Å². The van der Waals surface area contributed by atoms with Crippen LogP contribution in [0.4, 0.5) is 0 Å². The van der Waals surface area contributed by atoms with Crippen molar-refractivity contribution in [2.75, 3.05) is 33.2 Å². The summed E-state index contributed by atoms with van der Waals surface area (Å²) in [5.41, 5.74) is 0. The fourth-order valence-electron chi connectivity index (χ4n) is 4.69. The topological polar surface area (TPSA) is 26.8 Å². The highest BCUT2D eigenvalue weighted by molar-refractivity contribution is 5.76. The SMILES string of the molecule is CC1CCN(C)CCN1C(=O)CCC(C)N1CC2CCC1C2. The Morgan fingerprint density at radius 3 is 2.68 bits per heavy atom. The molecule has 126 valence electrons. The van der Waals surface area contributed by atoms with Gasteiger partial charge in [-0.2, -0.15) is 0 Å². The largest absolute Gasteiger partial charge is 0.339 e. The highest BCUT2D eigenvalue weighted by atomic mass is 16.2. The first kappa shape index (κ1) is 16.3. The molecule has 4 heteroatoms. The van der Waals surface area contributed by atoms with Gasteiger partial charge < -0.3 is 9.80 Å². The summed E-state index contributed by atoms with van der Waals surface area (Å²) in [5, 5.41) is 0. The first-order valence-electron chi connectivity index (χ1n) is 9.28. The summed E-state index contributed by atoms with van der Waals surface area (Å²) in [5.74, 6) is 1.32. The van der Waals surface area contributed by atoms with E-state index in [0.29, 0.717) is 18.0 Å². The van der Waals surface area contributed by atoms with Crippen LogP contribution < -0.4 is 0 Å². The molecule has 3 aliphatic rings. The van der Waals surface area contributed by atoms with Crippen molar-refractivity contribution in [3.63, 3.8) is 0 Å². The summed E-state index contributed by atoms with van der Waals surface area (Å²) in [7, 11) is 2.16. The van der Waals surface area contributed by atoms with Crippen molar-refractivity contribution < 1.29 is 4.79 Å². The van der Waals surface area contributed by atoms with Crippen molar-refractivity contribution in [3.05, 3.63) is 0 Å². The van der Waals surface area contributed by atoms with Crippen LogP contribution in [0.15, 0.2) is 0 Å². The number of carbonyl (C=O) groups excluding carboxylic acids is 1. The van der Waals surface area contributed by atoms with Crippen molar-refractivity contribution in [2.45, 2.75) is 70.5 Å². The monoisotopic (exact) mass is 307 g/mol. The summed E-state index contributed by atoms with van der Waals surface area (Å²) in [4.78, 5) is 19.8. The summed E-state index contributed by atoms with van der Waals surface area (Å²) in [6.07, 6.45) is 7.09. The molecule has 1 amide bonds. The van der Waals surface area contributed by atoms with Gasteiger partial charge in [0.15, 0.2) is 0 Å². The van der Waals surface area contributed by atoms with Crippen LogP contribution in [0.2, 0.25) is 0 Å². The van der Waals surface area contributed by atoms with Gasteiger partial charge in [0.05, 0.1) is 0 Å². The number of likely N-dealkylation sites (tertiary alicyclic amines) is 1. The van der Waals surface area contributed by atoms with Gasteiger partial charge in [0.1, 0.15) is 0 Å². The number of rotatable bonds is 4. The second kappa shape index (κ2) is 6.88. The molecule has 3 rings (SSSR count). The Balaban J connectivity index is 1.47. The smallest absolute Gasteiger partial charge is 0.222 e. The molecule has 1 saturated carbocycles. The number of piperidine rings is 1. The third kappa shape index (κ3) is 3.48. The van der Waals surface area contributed by atoms with Crippen molar-refractivity contribution in [1.29, 1.82) is 0 Å². The van der Waals surface area contributed by atoms with E-state index in [1.807, 2.05) is 0 Å². The van der Waals surface area contributed by atoms with Gasteiger partial charge in [-0.15, -0.1) is 0 Å². The second-order valence-corrected chi connectivity index (χ2v) is 7.95. The number of hydrogen-bond donors (Lipinski definition) is 0. The van der Waals surface area contributed by atoms with E-state index in [4.69, 9.17) is 0 Å². The van der Waals surface area contributed by atoms with Gasteiger partial charge in [-0.3, -0.25) is 9.69 Å². The molecule has 0 aromatic rings. The van der Waals surface area contributed by atoms with Gasteiger partial charge in [-0.05, 0) is 65.5 Å². The number of nitrogens with zero attached hydrogens (tertiary/aromatic N) is 3. The molecule has 2 bridgehead atoms. The number of hydrogen-bond acceptors (Lipinski definition) is 3. The minimum absolute atomic E-state index is 0.374. The molecule has 4 nitrogen and oxygen atoms in total. The van der Waals surface area contributed by atoms with Crippen LogP contribution in [0.1, 0.15) is 52.4 Å². The van der Waals surface area contributed by atoms with E-state index in [0.717, 1.165) is 50.9 Å². The van der Waals surface area contributed by atoms with Gasteiger partial charge in [-0.1, -0.05) is 0 Å². The first-order valence-corrected chi connectivity index (χ1v) is 9.28. The fourth-order valence-corrected chi connectivity index (χ4v) is 4.69. The normalized spacial score (nSPS) is 34.9. The number of fused-ring (bicyclic) bond motifs is 2. The number of carbonyl (C=O) groups is 1. The van der Waals surface area contributed by atoms with Gasteiger partial charge >= 0.3 is 0 Å². The van der Waals surface area contributed by atoms with Crippen LogP contribution in [0, 0.1) is 5.92 Å². The second-order valence-electron chi connectivity index (χ2n) is 7.95. The molecule has 4 atom stereocenters. The Labute approximate surface area is 135 Å². The zero-order chi connectivity index (χ0) is 15.7. The maximum absolute atomic E-state index is 12.6. The maximum atomic E-state index is 12.6. The van der Waals surface area contributed by atoms with Crippen LogP contribution in [-0.2, 0) is 4.79 Å². The minimum atomic E-state index is 0.374. The molecule has 0 aromatic heterocycles. The van der Waals surface area contributed by atoms with E-state index in [2.05, 4.69) is 35.6 Å². The van der Waals surface area contributed by atoms with Crippen molar-refractivity contribution >= 4 is 5.91 Å². The molecule has 0 radical (unpaired) electrons. The number of amides is 1. The summed E-state index contributed by atoms with van der Waals surface area (Å²) >= 11 is 0. The van der Waals surface area contributed by atoms with Crippen LogP contribution in [0.3, 0.4) is 0 Å². The zero-order valence-electron chi connectivity index (χ0n) is 14.6. The number of likely N-dealkylation sites (N-methyl/N-ethyl adjacent to an activating group) is 1. The van der Waals surface area contributed by atoms with E-state index in [9.17, 15) is 4.79 Å². The van der Waals surface area contributed by atoms with Gasteiger partial charge in [-0.25, -0.2) is 0 Å². The standard InChI is InChI=1S/C18H33N3O/c1-14(21-13-16-5-6-17(21)12-16)4-7-18(22)20-11-10-19(3)9-8-15(20)2/h14-17H,4-13H2,1-3H3. The molecule has 2 aliphatic heterocycles. The molecule has 1 aliphatic carbocycles. The van der Waals surface area contributed by atoms with Gasteiger partial charge in [0.25, 0.3) is 0 Å². The molecule has 2 saturated heterocycles. The van der Waals surface area contributed by atoms with E-state index in [1.54, 1.807) is 0 Å². The summed E-state index contributed by atoms with van der Waals surface area (Å²) in [6.45, 7) is 8.84. The average Bonchev–Trinajstić information content (AvgIpc) is 3.09. The predicted octanol–water partition coefficient (Wildman–Crippen LogP) is 2.19. The van der Waals surface area contributed by atoms with Crippen LogP contribution >= 0.6 is 0 Å².